The van der Waals surface area contributed by atoms with Gasteiger partial charge in [-0.05, 0) is 75.2 Å². The van der Waals surface area contributed by atoms with E-state index in [0.717, 1.165) is 25.1 Å². The minimum Gasteiger partial charge on any atom is -0.338 e. The Bertz CT molecular complexity index is 746. The Balaban J connectivity index is 1.47. The lowest BCUT2D eigenvalue weighted by molar-refractivity contribution is 0.0394. The molecule has 138 valence electrons. The van der Waals surface area contributed by atoms with Crippen LogP contribution in [-0.4, -0.2) is 42.9 Å². The van der Waals surface area contributed by atoms with Crippen molar-refractivity contribution < 1.29 is 4.79 Å². The van der Waals surface area contributed by atoms with Crippen LogP contribution >= 0.6 is 11.3 Å². The monoisotopic (exact) mass is 368 g/mol. The third kappa shape index (κ3) is 2.99. The summed E-state index contributed by atoms with van der Waals surface area (Å²) in [6, 6.07) is 14.2. The fraction of sp³-hybridized carbons (Fsp3) is 0.500. The Morgan fingerprint density at radius 1 is 1.00 bits per heavy atom. The molecule has 2 heterocycles. The molecule has 0 unspecified atom stereocenters. The number of thiophene rings is 1. The number of likely N-dealkylation sites (tertiary alicyclic amines) is 1. The summed E-state index contributed by atoms with van der Waals surface area (Å²) in [5.41, 5.74) is 1.32. The molecule has 1 aromatic heterocycles. The van der Waals surface area contributed by atoms with Crippen LogP contribution in [0.4, 0.5) is 0 Å². The van der Waals surface area contributed by atoms with Crippen LogP contribution in [0.15, 0.2) is 47.8 Å². The van der Waals surface area contributed by atoms with Crippen LogP contribution in [0.3, 0.4) is 0 Å². The molecule has 1 saturated carbocycles. The molecule has 1 aliphatic heterocycles. The van der Waals surface area contributed by atoms with Crippen LogP contribution in [0.1, 0.15) is 47.3 Å². The zero-order valence-corrected chi connectivity index (χ0v) is 16.6. The maximum atomic E-state index is 12.8. The molecular formula is C22H28N2OS. The third-order valence-electron chi connectivity index (χ3n) is 6.72. The topological polar surface area (TPSA) is 23.6 Å². The summed E-state index contributed by atoms with van der Waals surface area (Å²) in [7, 11) is 4.44. The van der Waals surface area contributed by atoms with Crippen molar-refractivity contribution in [1.29, 1.82) is 0 Å². The number of rotatable bonds is 3. The van der Waals surface area contributed by atoms with Crippen LogP contribution in [0, 0.1) is 5.41 Å². The van der Waals surface area contributed by atoms with Crippen LogP contribution in [-0.2, 0) is 5.54 Å². The Morgan fingerprint density at radius 2 is 1.73 bits per heavy atom. The molecule has 1 saturated heterocycles. The summed E-state index contributed by atoms with van der Waals surface area (Å²) in [6.45, 7) is 1.83. The highest BCUT2D eigenvalue weighted by atomic mass is 32.1. The van der Waals surface area contributed by atoms with Gasteiger partial charge in [0.05, 0.1) is 5.54 Å². The molecule has 0 atom stereocenters. The van der Waals surface area contributed by atoms with Gasteiger partial charge in [-0.15, -0.1) is 11.3 Å². The Labute approximate surface area is 160 Å². The summed E-state index contributed by atoms with van der Waals surface area (Å²) < 4.78 is 0. The van der Waals surface area contributed by atoms with E-state index in [-0.39, 0.29) is 11.4 Å². The van der Waals surface area contributed by atoms with Gasteiger partial charge in [0, 0.05) is 23.5 Å². The number of amides is 1. The smallest absolute Gasteiger partial charge is 0.253 e. The van der Waals surface area contributed by atoms with E-state index in [1.165, 1.54) is 30.6 Å². The van der Waals surface area contributed by atoms with Crippen molar-refractivity contribution in [3.05, 3.63) is 58.3 Å². The van der Waals surface area contributed by atoms with E-state index in [4.69, 9.17) is 0 Å². The number of benzene rings is 1. The molecular weight excluding hydrogens is 340 g/mol. The molecule has 0 radical (unpaired) electrons. The summed E-state index contributed by atoms with van der Waals surface area (Å²) in [4.78, 5) is 18.8. The van der Waals surface area contributed by atoms with Gasteiger partial charge in [0.25, 0.3) is 5.91 Å². The second-order valence-electron chi connectivity index (χ2n) is 8.25. The predicted octanol–water partition coefficient (Wildman–Crippen LogP) is 4.61. The van der Waals surface area contributed by atoms with Crippen molar-refractivity contribution in [1.82, 2.24) is 9.80 Å². The van der Waals surface area contributed by atoms with Gasteiger partial charge >= 0.3 is 0 Å². The van der Waals surface area contributed by atoms with Crippen molar-refractivity contribution in [2.24, 2.45) is 5.41 Å². The first-order valence-corrected chi connectivity index (χ1v) is 10.5. The lowest BCUT2D eigenvalue weighted by Gasteiger charge is -2.48. The summed E-state index contributed by atoms with van der Waals surface area (Å²) in [6.07, 6.45) is 5.95. The molecule has 0 N–H and O–H groups in total. The number of hydrogen-bond donors (Lipinski definition) is 0. The van der Waals surface area contributed by atoms with E-state index in [1.807, 2.05) is 41.7 Å². The molecule has 1 amide bonds. The summed E-state index contributed by atoms with van der Waals surface area (Å²) >= 11 is 1.88. The average Bonchev–Trinajstić information content (AvgIpc) is 3.34. The molecule has 4 rings (SSSR count). The van der Waals surface area contributed by atoms with Gasteiger partial charge in [0.2, 0.25) is 0 Å². The lowest BCUT2D eigenvalue weighted by Crippen LogP contribution is -2.47. The number of carbonyl (C=O) groups excluding carboxylic acids is 1. The summed E-state index contributed by atoms with van der Waals surface area (Å²) in [5, 5.41) is 2.20. The van der Waals surface area contributed by atoms with Gasteiger partial charge in [-0.1, -0.05) is 24.3 Å². The van der Waals surface area contributed by atoms with Crippen LogP contribution in [0.25, 0.3) is 0 Å². The predicted molar refractivity (Wildman–Crippen MR) is 108 cm³/mol. The Hall–Kier alpha value is -1.65. The average molecular weight is 369 g/mol. The second-order valence-corrected chi connectivity index (χ2v) is 9.19. The van der Waals surface area contributed by atoms with E-state index >= 15 is 0 Å². The van der Waals surface area contributed by atoms with Gasteiger partial charge in [-0.2, -0.15) is 0 Å². The fourth-order valence-corrected chi connectivity index (χ4v) is 6.00. The van der Waals surface area contributed by atoms with Crippen molar-refractivity contribution >= 4 is 17.2 Å². The molecule has 2 aromatic rings. The quantitative estimate of drug-likeness (QED) is 0.790. The van der Waals surface area contributed by atoms with Gasteiger partial charge in [0.15, 0.2) is 0 Å². The maximum Gasteiger partial charge on any atom is 0.253 e. The molecule has 26 heavy (non-hydrogen) atoms. The molecule has 3 nitrogen and oxygen atoms in total. The molecule has 4 heteroatoms. The van der Waals surface area contributed by atoms with Crippen molar-refractivity contribution in [3.8, 4) is 0 Å². The van der Waals surface area contributed by atoms with Crippen LogP contribution < -0.4 is 0 Å². The zero-order chi connectivity index (χ0) is 18.2. The minimum atomic E-state index is 0.177. The number of hydrogen-bond acceptors (Lipinski definition) is 3. The largest absolute Gasteiger partial charge is 0.338 e. The van der Waals surface area contributed by atoms with E-state index < -0.39 is 0 Å². The highest BCUT2D eigenvalue weighted by molar-refractivity contribution is 7.10. The second kappa shape index (κ2) is 6.82. The normalized spacial score (nSPS) is 28.8. The molecule has 2 aliphatic rings. The first kappa shape index (κ1) is 17.7. The molecule has 1 spiro atoms. The van der Waals surface area contributed by atoms with Crippen molar-refractivity contribution in [2.75, 3.05) is 27.2 Å². The van der Waals surface area contributed by atoms with Gasteiger partial charge in [-0.3, -0.25) is 9.69 Å². The Morgan fingerprint density at radius 3 is 2.35 bits per heavy atom. The molecule has 1 aromatic carbocycles. The molecule has 0 bridgehead atoms. The lowest BCUT2D eigenvalue weighted by atomic mass is 9.66. The highest BCUT2D eigenvalue weighted by Crippen LogP contribution is 2.52. The highest BCUT2D eigenvalue weighted by Gasteiger charge is 2.48. The van der Waals surface area contributed by atoms with E-state index in [9.17, 15) is 4.79 Å². The van der Waals surface area contributed by atoms with Crippen LogP contribution in [0.5, 0.6) is 0 Å². The zero-order valence-electron chi connectivity index (χ0n) is 15.8. The van der Waals surface area contributed by atoms with Crippen molar-refractivity contribution in [2.45, 2.75) is 37.6 Å². The van der Waals surface area contributed by atoms with E-state index in [0.29, 0.717) is 5.41 Å². The molecule has 2 fully saturated rings. The fourth-order valence-electron chi connectivity index (χ4n) is 4.93. The first-order chi connectivity index (χ1) is 12.5. The van der Waals surface area contributed by atoms with Gasteiger partial charge < -0.3 is 4.90 Å². The summed E-state index contributed by atoms with van der Waals surface area (Å²) in [5.74, 6) is 0.199. The maximum absolute atomic E-state index is 12.8. The SMILES string of the molecule is CN(C)C1(c2cccs2)CCC2(CCN(C(=O)c3ccccc3)C2)CC1. The molecule has 1 aliphatic carbocycles. The Kier molecular flexibility index (Phi) is 4.66. The van der Waals surface area contributed by atoms with Crippen molar-refractivity contribution in [3.63, 3.8) is 0 Å². The van der Waals surface area contributed by atoms with E-state index in [1.54, 1.807) is 0 Å². The van der Waals surface area contributed by atoms with Gasteiger partial charge in [0.1, 0.15) is 0 Å². The number of carbonyl (C=O) groups is 1. The first-order valence-electron chi connectivity index (χ1n) is 9.61. The minimum absolute atomic E-state index is 0.177. The third-order valence-corrected chi connectivity index (χ3v) is 7.78. The van der Waals surface area contributed by atoms with E-state index in [2.05, 4.69) is 41.4 Å². The van der Waals surface area contributed by atoms with Gasteiger partial charge in [-0.25, -0.2) is 0 Å². The standard InChI is InChI=1S/C22H28N2OS/c1-23(2)22(19-9-6-16-26-19)12-10-21(11-13-22)14-15-24(17-21)20(25)18-7-4-3-5-8-18/h3-9,16H,10-15,17H2,1-2H3. The van der Waals surface area contributed by atoms with Crippen LogP contribution in [0.2, 0.25) is 0 Å². The number of nitrogens with zero attached hydrogens (tertiary/aromatic N) is 2.